The molecule has 1 saturated carbocycles. The fourth-order valence-electron chi connectivity index (χ4n) is 4.29. The number of hydrogen-bond donors (Lipinski definition) is 2. The van der Waals surface area contributed by atoms with E-state index in [0.29, 0.717) is 18.4 Å². The molecule has 2 fully saturated rings. The van der Waals surface area contributed by atoms with Crippen molar-refractivity contribution in [1.29, 1.82) is 0 Å². The zero-order valence-corrected chi connectivity index (χ0v) is 20.5. The van der Waals surface area contributed by atoms with Gasteiger partial charge in [0.1, 0.15) is 10.6 Å². The number of benzene rings is 1. The molecule has 180 valence electrons. The summed E-state index contributed by atoms with van der Waals surface area (Å²) in [5.74, 6) is 1.02. The molecular weight excluding hydrogens is 450 g/mol. The molecule has 9 heteroatoms. The Kier molecular flexibility index (Phi) is 6.78. The van der Waals surface area contributed by atoms with Crippen molar-refractivity contribution in [2.75, 3.05) is 38.7 Å². The van der Waals surface area contributed by atoms with Gasteiger partial charge >= 0.3 is 0 Å². The molecule has 3 heterocycles. The van der Waals surface area contributed by atoms with Gasteiger partial charge in [0.2, 0.25) is 11.8 Å². The van der Waals surface area contributed by atoms with Crippen LogP contribution >= 0.6 is 11.3 Å². The van der Waals surface area contributed by atoms with Gasteiger partial charge < -0.3 is 24.8 Å². The van der Waals surface area contributed by atoms with Gasteiger partial charge in [0.25, 0.3) is 0 Å². The molecule has 1 aliphatic heterocycles. The van der Waals surface area contributed by atoms with Crippen molar-refractivity contribution in [3.63, 3.8) is 0 Å². The summed E-state index contributed by atoms with van der Waals surface area (Å²) >= 11 is 1.56. The van der Waals surface area contributed by atoms with Crippen LogP contribution in [0.2, 0.25) is 0 Å². The highest BCUT2D eigenvalue weighted by atomic mass is 32.1. The van der Waals surface area contributed by atoms with Gasteiger partial charge in [-0.1, -0.05) is 6.07 Å². The largest absolute Gasteiger partial charge is 0.477 e. The van der Waals surface area contributed by atoms with Crippen LogP contribution < -0.4 is 10.1 Å². The van der Waals surface area contributed by atoms with E-state index >= 15 is 0 Å². The number of likely N-dealkylation sites (N-methyl/N-ethyl adjacent to an activating group) is 1. The highest BCUT2D eigenvalue weighted by molar-refractivity contribution is 7.15. The van der Waals surface area contributed by atoms with E-state index in [1.165, 1.54) is 0 Å². The molecule has 0 amide bonds. The van der Waals surface area contributed by atoms with E-state index in [-0.39, 0.29) is 6.10 Å². The molecule has 1 aliphatic carbocycles. The minimum Gasteiger partial charge on any atom is -0.477 e. The number of nitrogens with one attached hydrogen (secondary N) is 1. The molecule has 2 aliphatic rings. The molecule has 0 bridgehead atoms. The number of anilines is 2. The number of hydrogen-bond acceptors (Lipinski definition) is 9. The van der Waals surface area contributed by atoms with E-state index < -0.39 is 5.60 Å². The van der Waals surface area contributed by atoms with Crippen molar-refractivity contribution < 1.29 is 14.6 Å². The summed E-state index contributed by atoms with van der Waals surface area (Å²) in [6, 6.07) is 8.00. The zero-order chi connectivity index (χ0) is 23.5. The number of aliphatic hydroxyl groups is 1. The molecule has 2 N–H and O–H groups in total. The summed E-state index contributed by atoms with van der Waals surface area (Å²) in [6.07, 6.45) is 7.21. The van der Waals surface area contributed by atoms with E-state index in [4.69, 9.17) is 9.47 Å². The van der Waals surface area contributed by atoms with Gasteiger partial charge in [-0.15, -0.1) is 11.3 Å². The quantitative estimate of drug-likeness (QED) is 0.496. The van der Waals surface area contributed by atoms with Crippen LogP contribution in [-0.2, 0) is 10.3 Å². The highest BCUT2D eigenvalue weighted by Crippen LogP contribution is 2.44. The fourth-order valence-corrected chi connectivity index (χ4v) is 5.34. The third kappa shape index (κ3) is 5.38. The second-order valence-electron chi connectivity index (χ2n) is 9.24. The van der Waals surface area contributed by atoms with Gasteiger partial charge in [-0.25, -0.2) is 9.97 Å². The molecule has 0 radical (unpaired) electrons. The maximum Gasteiger partial charge on any atom is 0.230 e. The molecule has 1 saturated heterocycles. The lowest BCUT2D eigenvalue weighted by Crippen LogP contribution is -2.40. The number of morpholine rings is 1. The Morgan fingerprint density at radius 2 is 2.18 bits per heavy atom. The fraction of sp³-hybridized carbons (Fsp3) is 0.480. The van der Waals surface area contributed by atoms with E-state index in [1.54, 1.807) is 23.6 Å². The molecule has 34 heavy (non-hydrogen) atoms. The highest BCUT2D eigenvalue weighted by Gasteiger charge is 2.39. The van der Waals surface area contributed by atoms with Crippen LogP contribution in [0.25, 0.3) is 10.4 Å². The summed E-state index contributed by atoms with van der Waals surface area (Å²) in [7, 11) is 2.11. The van der Waals surface area contributed by atoms with E-state index in [2.05, 4.69) is 57.3 Å². The first-order valence-corrected chi connectivity index (χ1v) is 12.6. The Hall–Kier alpha value is -2.59. The third-order valence-corrected chi connectivity index (χ3v) is 7.60. The first kappa shape index (κ1) is 23.2. The van der Waals surface area contributed by atoms with E-state index in [9.17, 15) is 5.11 Å². The summed E-state index contributed by atoms with van der Waals surface area (Å²) < 4.78 is 11.7. The molecule has 8 nitrogen and oxygen atoms in total. The van der Waals surface area contributed by atoms with Crippen molar-refractivity contribution >= 4 is 23.0 Å². The molecule has 3 aromatic rings. The Labute approximate surface area is 204 Å². The van der Waals surface area contributed by atoms with Crippen molar-refractivity contribution in [2.45, 2.75) is 44.3 Å². The lowest BCUT2D eigenvalue weighted by molar-refractivity contribution is -0.0389. The molecule has 0 spiro atoms. The molecular formula is C25H31N5O3S. The van der Waals surface area contributed by atoms with Crippen LogP contribution in [0.4, 0.5) is 11.6 Å². The topological polar surface area (TPSA) is 92.6 Å². The van der Waals surface area contributed by atoms with Crippen molar-refractivity contribution in [3.05, 3.63) is 47.2 Å². The standard InChI is InChI=1S/C25H31N5O3S/c1-17-12-18(21-15-27-23(34-21)25(31)6-3-7-25)14-19(13-17)28-24-26-8-4-22(29-24)33-10-5-20-16-30(2)9-11-32-20/h4,8,12-15,20,31H,3,5-7,9-11,16H2,1-2H3,(H,26,28,29). The maximum atomic E-state index is 10.6. The van der Waals surface area contributed by atoms with Gasteiger partial charge in [0, 0.05) is 43.7 Å². The van der Waals surface area contributed by atoms with Gasteiger partial charge in [0.15, 0.2) is 0 Å². The lowest BCUT2D eigenvalue weighted by atomic mass is 9.81. The van der Waals surface area contributed by atoms with Crippen LogP contribution in [0.5, 0.6) is 5.88 Å². The minimum absolute atomic E-state index is 0.196. The predicted octanol–water partition coefficient (Wildman–Crippen LogP) is 4.12. The van der Waals surface area contributed by atoms with E-state index in [1.807, 2.05) is 6.20 Å². The van der Waals surface area contributed by atoms with Gasteiger partial charge in [0.05, 0.1) is 24.2 Å². The average Bonchev–Trinajstić information content (AvgIpc) is 3.28. The SMILES string of the molecule is Cc1cc(Nc2nccc(OCCC3CN(C)CCO3)n2)cc(-c2cnc(C3(O)CCC3)s2)c1. The maximum absolute atomic E-state index is 10.6. The Bertz CT molecular complexity index is 1130. The third-order valence-electron chi connectivity index (χ3n) is 6.36. The van der Waals surface area contributed by atoms with Crippen molar-refractivity contribution in [3.8, 4) is 16.3 Å². The van der Waals surface area contributed by atoms with Crippen LogP contribution in [0.15, 0.2) is 36.7 Å². The number of rotatable bonds is 8. The lowest BCUT2D eigenvalue weighted by Gasteiger charge is -2.34. The summed E-state index contributed by atoms with van der Waals surface area (Å²) in [6.45, 7) is 5.28. The number of aromatic nitrogens is 3. The zero-order valence-electron chi connectivity index (χ0n) is 19.7. The van der Waals surface area contributed by atoms with Crippen LogP contribution in [0.3, 0.4) is 0 Å². The van der Waals surface area contributed by atoms with Gasteiger partial charge in [-0.2, -0.15) is 4.98 Å². The van der Waals surface area contributed by atoms with E-state index in [0.717, 1.165) is 72.1 Å². The van der Waals surface area contributed by atoms with Crippen LogP contribution in [-0.4, -0.2) is 64.4 Å². The summed E-state index contributed by atoms with van der Waals surface area (Å²) in [4.78, 5) is 16.7. The summed E-state index contributed by atoms with van der Waals surface area (Å²) in [5.41, 5.74) is 2.32. The smallest absolute Gasteiger partial charge is 0.230 e. The van der Waals surface area contributed by atoms with Gasteiger partial charge in [-0.3, -0.25) is 0 Å². The van der Waals surface area contributed by atoms with Crippen LogP contribution in [0, 0.1) is 6.92 Å². The normalized spacial score (nSPS) is 20.0. The monoisotopic (exact) mass is 481 g/mol. The van der Waals surface area contributed by atoms with Crippen molar-refractivity contribution in [2.24, 2.45) is 0 Å². The molecule has 5 rings (SSSR count). The van der Waals surface area contributed by atoms with Crippen molar-refractivity contribution in [1.82, 2.24) is 19.9 Å². The number of nitrogens with zero attached hydrogens (tertiary/aromatic N) is 4. The second-order valence-corrected chi connectivity index (χ2v) is 10.3. The second kappa shape index (κ2) is 9.95. The first-order chi connectivity index (χ1) is 16.5. The van der Waals surface area contributed by atoms with Crippen LogP contribution in [0.1, 0.15) is 36.3 Å². The number of thiazole rings is 1. The molecule has 1 aromatic carbocycles. The molecule has 2 aromatic heterocycles. The minimum atomic E-state index is -0.735. The Morgan fingerprint density at radius 3 is 2.97 bits per heavy atom. The Balaban J connectivity index is 1.23. The predicted molar refractivity (Wildman–Crippen MR) is 133 cm³/mol. The molecule has 1 atom stereocenters. The Morgan fingerprint density at radius 1 is 1.29 bits per heavy atom. The number of ether oxygens (including phenoxy) is 2. The first-order valence-electron chi connectivity index (χ1n) is 11.8. The van der Waals surface area contributed by atoms with Gasteiger partial charge in [-0.05, 0) is 56.5 Å². The molecule has 1 unspecified atom stereocenters. The summed E-state index contributed by atoms with van der Waals surface area (Å²) in [5, 5.41) is 14.7. The average molecular weight is 482 g/mol. The number of aryl methyl sites for hydroxylation is 1.